The monoisotopic (exact) mass is 495 g/mol. The average Bonchev–Trinajstić information content (AvgIpc) is 2.86. The highest BCUT2D eigenvalue weighted by Crippen LogP contribution is 2.32. The van der Waals surface area contributed by atoms with E-state index in [4.69, 9.17) is 4.74 Å². The van der Waals surface area contributed by atoms with E-state index in [1.54, 1.807) is 0 Å². The number of hydrogen-bond donors (Lipinski definition) is 1. The van der Waals surface area contributed by atoms with Gasteiger partial charge < -0.3 is 10.1 Å². The van der Waals surface area contributed by atoms with Gasteiger partial charge in [0.1, 0.15) is 12.3 Å². The number of unbranched alkanes of at least 4 members (excludes halogenated alkanes) is 9. The number of nitrogens with zero attached hydrogens (tertiary/aromatic N) is 1. The fraction of sp³-hybridized carbons (Fsp3) is 0.625. The number of rotatable bonds is 17. The number of amides is 1. The van der Waals surface area contributed by atoms with Gasteiger partial charge in [-0.25, -0.2) is 4.57 Å². The third kappa shape index (κ3) is 11.6. The number of carbonyl (C=O) groups excluding carboxylic acids is 1. The molecule has 0 saturated heterocycles. The minimum Gasteiger partial charge on any atom is -0.493 e. The molecule has 36 heavy (non-hydrogen) atoms. The van der Waals surface area contributed by atoms with Crippen molar-refractivity contribution in [1.29, 1.82) is 0 Å². The summed E-state index contributed by atoms with van der Waals surface area (Å²) < 4.78 is 8.33. The molecule has 4 nitrogen and oxygen atoms in total. The highest BCUT2D eigenvalue weighted by molar-refractivity contribution is 5.78. The molecule has 0 aliphatic rings. The van der Waals surface area contributed by atoms with E-state index >= 15 is 0 Å². The van der Waals surface area contributed by atoms with E-state index in [1.165, 1.54) is 63.4 Å². The minimum atomic E-state index is -0.0434. The quantitative estimate of drug-likeness (QED) is 0.183. The molecule has 2 aromatic rings. The number of hydrogen-bond acceptors (Lipinski definition) is 2. The second-order valence-corrected chi connectivity index (χ2v) is 11.1. The Hall–Kier alpha value is -2.36. The van der Waals surface area contributed by atoms with Gasteiger partial charge in [-0.15, -0.1) is 0 Å². The van der Waals surface area contributed by atoms with E-state index < -0.39 is 0 Å². The highest BCUT2D eigenvalue weighted by Gasteiger charge is 2.20. The van der Waals surface area contributed by atoms with Gasteiger partial charge in [0.2, 0.25) is 5.91 Å². The lowest BCUT2D eigenvalue weighted by molar-refractivity contribution is -0.693. The lowest BCUT2D eigenvalue weighted by atomic mass is 9.85. The van der Waals surface area contributed by atoms with Crippen molar-refractivity contribution in [3.8, 4) is 5.75 Å². The van der Waals surface area contributed by atoms with Gasteiger partial charge in [0.25, 0.3) is 0 Å². The van der Waals surface area contributed by atoms with Crippen LogP contribution in [0.15, 0.2) is 42.7 Å². The maximum atomic E-state index is 12.6. The summed E-state index contributed by atoms with van der Waals surface area (Å²) in [6.07, 6.45) is 17.7. The van der Waals surface area contributed by atoms with Crippen molar-refractivity contribution in [2.24, 2.45) is 0 Å². The molecule has 200 valence electrons. The summed E-state index contributed by atoms with van der Waals surface area (Å²) in [5, 5.41) is 3.05. The van der Waals surface area contributed by atoms with Crippen LogP contribution in [-0.4, -0.2) is 12.5 Å². The molecule has 0 bridgehead atoms. The third-order valence-corrected chi connectivity index (χ3v) is 6.79. The number of aromatic nitrogens is 1. The number of pyridine rings is 1. The van der Waals surface area contributed by atoms with Crippen LogP contribution in [0.3, 0.4) is 0 Å². The summed E-state index contributed by atoms with van der Waals surface area (Å²) in [7, 11) is 0. The molecule has 0 fully saturated rings. The van der Waals surface area contributed by atoms with Crippen LogP contribution in [0, 0.1) is 0 Å². The molecule has 0 saturated carbocycles. The molecular weight excluding hydrogens is 444 g/mol. The Kier molecular flexibility index (Phi) is 13.6. The lowest BCUT2D eigenvalue weighted by Gasteiger charge is -2.24. The van der Waals surface area contributed by atoms with Crippen LogP contribution >= 0.6 is 0 Å². The first-order valence-electron chi connectivity index (χ1n) is 14.3. The number of carbonyl (C=O) groups is 1. The summed E-state index contributed by atoms with van der Waals surface area (Å²) in [5.74, 6) is 0.997. The predicted octanol–water partition coefficient (Wildman–Crippen LogP) is 7.45. The van der Waals surface area contributed by atoms with Crippen molar-refractivity contribution in [1.82, 2.24) is 5.32 Å². The van der Waals surface area contributed by atoms with Crippen LogP contribution in [0.1, 0.15) is 116 Å². The number of benzene rings is 1. The maximum Gasteiger partial charge on any atom is 0.224 e. The SMILES string of the molecule is CCCCCCCCCCCCOc1ccc(CC(=O)NCc2cc[n+](CC)cc2)cc1C(C)(C)C. The molecule has 0 radical (unpaired) electrons. The Balaban J connectivity index is 1.77. The molecule has 1 aromatic carbocycles. The lowest BCUT2D eigenvalue weighted by Crippen LogP contribution is -2.31. The van der Waals surface area contributed by atoms with E-state index in [1.807, 2.05) is 18.5 Å². The second-order valence-electron chi connectivity index (χ2n) is 11.1. The number of ether oxygens (including phenoxy) is 1. The highest BCUT2D eigenvalue weighted by atomic mass is 16.5. The molecule has 1 N–H and O–H groups in total. The van der Waals surface area contributed by atoms with Crippen LogP contribution in [0.2, 0.25) is 0 Å². The van der Waals surface area contributed by atoms with Gasteiger partial charge in [0.05, 0.1) is 13.0 Å². The van der Waals surface area contributed by atoms with Crippen LogP contribution in [0.5, 0.6) is 5.75 Å². The first-order chi connectivity index (χ1) is 17.3. The van der Waals surface area contributed by atoms with Gasteiger partial charge in [0.15, 0.2) is 12.4 Å². The standard InChI is InChI=1S/C32H50N2O2/c1-6-8-9-10-11-12-13-14-15-16-23-36-30-18-17-28(24-29(30)32(3,4)5)25-31(35)33-26-27-19-21-34(7-2)22-20-27/h17-22,24H,6-16,23,25-26H2,1-5H3/p+1. The summed E-state index contributed by atoms with van der Waals surface area (Å²) in [6, 6.07) is 10.4. The van der Waals surface area contributed by atoms with Crippen molar-refractivity contribution >= 4 is 5.91 Å². The molecule has 0 aliphatic carbocycles. The minimum absolute atomic E-state index is 0.0427. The Morgan fingerprint density at radius 2 is 1.44 bits per heavy atom. The van der Waals surface area contributed by atoms with Crippen LogP contribution < -0.4 is 14.6 Å². The molecule has 0 unspecified atom stereocenters. The fourth-order valence-electron chi connectivity index (χ4n) is 4.44. The number of aryl methyl sites for hydroxylation is 1. The third-order valence-electron chi connectivity index (χ3n) is 6.79. The fourth-order valence-corrected chi connectivity index (χ4v) is 4.44. The van der Waals surface area contributed by atoms with E-state index in [9.17, 15) is 4.79 Å². The van der Waals surface area contributed by atoms with Gasteiger partial charge in [-0.3, -0.25) is 4.79 Å². The van der Waals surface area contributed by atoms with Crippen LogP contribution in [0.4, 0.5) is 0 Å². The van der Waals surface area contributed by atoms with E-state index in [0.29, 0.717) is 13.0 Å². The molecule has 4 heteroatoms. The zero-order chi connectivity index (χ0) is 26.2. The largest absolute Gasteiger partial charge is 0.493 e. The summed E-state index contributed by atoms with van der Waals surface area (Å²) in [6.45, 7) is 13.3. The summed E-state index contributed by atoms with van der Waals surface area (Å²) in [4.78, 5) is 12.6. The Labute approximate surface area is 220 Å². The van der Waals surface area contributed by atoms with Gasteiger partial charge in [0, 0.05) is 18.7 Å². The Morgan fingerprint density at radius 1 is 0.833 bits per heavy atom. The zero-order valence-electron chi connectivity index (χ0n) is 23.7. The van der Waals surface area contributed by atoms with Gasteiger partial charge >= 0.3 is 0 Å². The molecule has 2 rings (SSSR count). The molecule has 0 atom stereocenters. The van der Waals surface area contributed by atoms with Crippen molar-refractivity contribution in [2.45, 2.75) is 124 Å². The van der Waals surface area contributed by atoms with Crippen molar-refractivity contribution in [3.05, 3.63) is 59.4 Å². The van der Waals surface area contributed by atoms with E-state index in [-0.39, 0.29) is 11.3 Å². The zero-order valence-corrected chi connectivity index (χ0v) is 23.7. The number of nitrogens with one attached hydrogen (secondary N) is 1. The average molecular weight is 496 g/mol. The van der Waals surface area contributed by atoms with Gasteiger partial charge in [-0.1, -0.05) is 97.6 Å². The van der Waals surface area contributed by atoms with Crippen molar-refractivity contribution in [3.63, 3.8) is 0 Å². The Bertz CT molecular complexity index is 884. The molecular formula is C32H51N2O2+. The molecule has 1 amide bonds. The second kappa shape index (κ2) is 16.4. The maximum absolute atomic E-state index is 12.6. The van der Waals surface area contributed by atoms with Crippen LogP contribution in [-0.2, 0) is 29.7 Å². The van der Waals surface area contributed by atoms with Gasteiger partial charge in [-0.2, -0.15) is 0 Å². The van der Waals surface area contributed by atoms with E-state index in [0.717, 1.165) is 36.4 Å². The first kappa shape index (κ1) is 29.9. The van der Waals surface area contributed by atoms with E-state index in [2.05, 4.69) is 68.8 Å². The normalized spacial score (nSPS) is 11.5. The first-order valence-corrected chi connectivity index (χ1v) is 14.3. The molecule has 1 aromatic heterocycles. The van der Waals surface area contributed by atoms with Crippen LogP contribution in [0.25, 0.3) is 0 Å². The summed E-state index contributed by atoms with van der Waals surface area (Å²) >= 11 is 0. The molecule has 0 aliphatic heterocycles. The predicted molar refractivity (Wildman–Crippen MR) is 150 cm³/mol. The molecule has 0 spiro atoms. The van der Waals surface area contributed by atoms with Crippen molar-refractivity contribution in [2.75, 3.05) is 6.61 Å². The van der Waals surface area contributed by atoms with Gasteiger partial charge in [-0.05, 0) is 41.5 Å². The Morgan fingerprint density at radius 3 is 2.03 bits per heavy atom. The summed E-state index contributed by atoms with van der Waals surface area (Å²) in [5.41, 5.74) is 3.27. The molecule has 1 heterocycles. The topological polar surface area (TPSA) is 42.2 Å². The van der Waals surface area contributed by atoms with Crippen molar-refractivity contribution < 1.29 is 14.1 Å². The smallest absolute Gasteiger partial charge is 0.224 e.